The van der Waals surface area contributed by atoms with Gasteiger partial charge in [-0.2, -0.15) is 0 Å². The molecular formula is C26H36N2O3. The van der Waals surface area contributed by atoms with Crippen molar-refractivity contribution in [2.75, 3.05) is 13.1 Å². The topological polar surface area (TPSA) is 81.6 Å². The van der Waals surface area contributed by atoms with Gasteiger partial charge in [-0.1, -0.05) is 60.7 Å². The van der Waals surface area contributed by atoms with E-state index in [4.69, 9.17) is 0 Å². The fraction of sp³-hybridized carbons (Fsp3) is 0.500. The van der Waals surface area contributed by atoms with Crippen molar-refractivity contribution in [1.82, 2.24) is 10.6 Å². The zero-order valence-corrected chi connectivity index (χ0v) is 18.4. The first-order valence-electron chi connectivity index (χ1n) is 11.6. The van der Waals surface area contributed by atoms with Gasteiger partial charge in [0.25, 0.3) is 0 Å². The number of carbonyl (C=O) groups is 1. The highest BCUT2D eigenvalue weighted by molar-refractivity contribution is 5.82. The van der Waals surface area contributed by atoms with Gasteiger partial charge < -0.3 is 20.8 Å². The Morgan fingerprint density at radius 2 is 1.52 bits per heavy atom. The fourth-order valence-electron chi connectivity index (χ4n) is 4.80. The third-order valence-corrected chi connectivity index (χ3v) is 6.50. The van der Waals surface area contributed by atoms with E-state index in [1.165, 1.54) is 0 Å². The van der Waals surface area contributed by atoms with Gasteiger partial charge in [0.05, 0.1) is 18.2 Å². The standard InChI is InChI=1S/C26H36N2O3/c1-2-27-26(31)25-22(14-16-24(30)21-11-7-4-8-12-21)19(17-18-28-25)13-15-23(29)20-9-5-3-6-10-20/h3-12,19,22-25,28-30H,2,13-18H2,1H3,(H,27,31)/t19-,22+,23?,24?,25-/m0/s1. The van der Waals surface area contributed by atoms with Crippen LogP contribution in [0.4, 0.5) is 0 Å². The molecular weight excluding hydrogens is 388 g/mol. The monoisotopic (exact) mass is 424 g/mol. The van der Waals surface area contributed by atoms with Crippen LogP contribution in [0.3, 0.4) is 0 Å². The average Bonchev–Trinajstić information content (AvgIpc) is 2.82. The largest absolute Gasteiger partial charge is 0.388 e. The Morgan fingerprint density at radius 3 is 2.06 bits per heavy atom. The summed E-state index contributed by atoms with van der Waals surface area (Å²) in [6, 6.07) is 19.2. The number of piperidine rings is 1. The zero-order valence-electron chi connectivity index (χ0n) is 18.4. The lowest BCUT2D eigenvalue weighted by atomic mass is 9.74. The van der Waals surface area contributed by atoms with E-state index in [1.54, 1.807) is 0 Å². The Kier molecular flexibility index (Phi) is 9.07. The van der Waals surface area contributed by atoms with Crippen molar-refractivity contribution in [3.63, 3.8) is 0 Å². The van der Waals surface area contributed by atoms with E-state index in [0.29, 0.717) is 25.3 Å². The SMILES string of the molecule is CCNC(=O)[C@H]1NCC[C@H](CCC(O)c2ccccc2)[C@H]1CCC(O)c1ccccc1. The number of likely N-dealkylation sites (N-methyl/N-ethyl adjacent to an activating group) is 1. The summed E-state index contributed by atoms with van der Waals surface area (Å²) < 4.78 is 0. The zero-order chi connectivity index (χ0) is 22.1. The summed E-state index contributed by atoms with van der Waals surface area (Å²) >= 11 is 0. The minimum Gasteiger partial charge on any atom is -0.388 e. The van der Waals surface area contributed by atoms with Crippen LogP contribution in [0, 0.1) is 11.8 Å². The van der Waals surface area contributed by atoms with Gasteiger partial charge in [-0.15, -0.1) is 0 Å². The fourth-order valence-corrected chi connectivity index (χ4v) is 4.80. The third-order valence-electron chi connectivity index (χ3n) is 6.50. The second-order valence-electron chi connectivity index (χ2n) is 8.55. The Balaban J connectivity index is 1.66. The number of nitrogens with one attached hydrogen (secondary N) is 2. The van der Waals surface area contributed by atoms with Crippen LogP contribution in [0.2, 0.25) is 0 Å². The number of aliphatic hydroxyl groups excluding tert-OH is 2. The molecule has 1 aliphatic rings. The summed E-state index contributed by atoms with van der Waals surface area (Å²) in [5.74, 6) is 0.492. The molecule has 0 aromatic heterocycles. The molecule has 2 unspecified atom stereocenters. The molecule has 5 nitrogen and oxygen atoms in total. The van der Waals surface area contributed by atoms with E-state index in [-0.39, 0.29) is 17.9 Å². The lowest BCUT2D eigenvalue weighted by molar-refractivity contribution is -0.126. The molecule has 0 spiro atoms. The number of benzene rings is 2. The van der Waals surface area contributed by atoms with Crippen LogP contribution in [-0.2, 0) is 4.79 Å². The minimum absolute atomic E-state index is 0.0370. The molecule has 1 saturated heterocycles. The molecule has 1 fully saturated rings. The molecule has 3 rings (SSSR count). The molecule has 4 N–H and O–H groups in total. The van der Waals surface area contributed by atoms with E-state index in [9.17, 15) is 15.0 Å². The minimum atomic E-state index is -0.534. The van der Waals surface area contributed by atoms with E-state index in [2.05, 4.69) is 10.6 Å². The van der Waals surface area contributed by atoms with Crippen molar-refractivity contribution < 1.29 is 15.0 Å². The Bertz CT molecular complexity index is 784. The molecule has 0 saturated carbocycles. The van der Waals surface area contributed by atoms with Crippen LogP contribution >= 0.6 is 0 Å². The van der Waals surface area contributed by atoms with Gasteiger partial charge in [0.1, 0.15) is 0 Å². The summed E-state index contributed by atoms with van der Waals surface area (Å²) in [5, 5.41) is 27.7. The lowest BCUT2D eigenvalue weighted by Gasteiger charge is -2.39. The van der Waals surface area contributed by atoms with E-state index in [1.807, 2.05) is 67.6 Å². The molecule has 5 atom stereocenters. The highest BCUT2D eigenvalue weighted by Crippen LogP contribution is 2.35. The van der Waals surface area contributed by atoms with Crippen LogP contribution in [0.25, 0.3) is 0 Å². The Morgan fingerprint density at radius 1 is 0.968 bits per heavy atom. The number of amides is 1. The second kappa shape index (κ2) is 12.0. The number of rotatable bonds is 10. The van der Waals surface area contributed by atoms with E-state index in [0.717, 1.165) is 36.9 Å². The van der Waals surface area contributed by atoms with Crippen LogP contribution in [0.15, 0.2) is 60.7 Å². The van der Waals surface area contributed by atoms with Gasteiger partial charge in [-0.05, 0) is 68.5 Å². The van der Waals surface area contributed by atoms with E-state index < -0.39 is 12.2 Å². The Labute approximate surface area is 185 Å². The molecule has 1 heterocycles. The van der Waals surface area contributed by atoms with Crippen molar-refractivity contribution >= 4 is 5.91 Å². The quantitative estimate of drug-likeness (QED) is 0.468. The summed E-state index contributed by atoms with van der Waals surface area (Å²) in [7, 11) is 0. The van der Waals surface area contributed by atoms with Gasteiger partial charge in [0.15, 0.2) is 0 Å². The number of hydrogen-bond acceptors (Lipinski definition) is 4. The predicted octanol–water partition coefficient (Wildman–Crippen LogP) is 3.74. The van der Waals surface area contributed by atoms with E-state index >= 15 is 0 Å². The van der Waals surface area contributed by atoms with Gasteiger partial charge >= 0.3 is 0 Å². The predicted molar refractivity (Wildman–Crippen MR) is 123 cm³/mol. The maximum atomic E-state index is 12.7. The van der Waals surface area contributed by atoms with Crippen molar-refractivity contribution in [2.24, 2.45) is 11.8 Å². The molecule has 31 heavy (non-hydrogen) atoms. The molecule has 168 valence electrons. The number of carbonyl (C=O) groups excluding carboxylic acids is 1. The Hall–Kier alpha value is -2.21. The molecule has 1 aliphatic heterocycles. The smallest absolute Gasteiger partial charge is 0.237 e. The first kappa shape index (κ1) is 23.5. The van der Waals surface area contributed by atoms with Crippen molar-refractivity contribution in [1.29, 1.82) is 0 Å². The van der Waals surface area contributed by atoms with Crippen LogP contribution in [0.1, 0.15) is 62.4 Å². The molecule has 0 radical (unpaired) electrons. The average molecular weight is 425 g/mol. The van der Waals surface area contributed by atoms with Crippen molar-refractivity contribution in [3.05, 3.63) is 71.8 Å². The normalized spacial score (nSPS) is 23.1. The van der Waals surface area contributed by atoms with Gasteiger partial charge in [0, 0.05) is 6.54 Å². The summed E-state index contributed by atoms with van der Waals surface area (Å²) in [4.78, 5) is 12.7. The molecule has 0 aliphatic carbocycles. The number of hydrogen-bond donors (Lipinski definition) is 4. The van der Waals surface area contributed by atoms with Crippen LogP contribution in [0.5, 0.6) is 0 Å². The third kappa shape index (κ3) is 6.63. The summed E-state index contributed by atoms with van der Waals surface area (Å²) in [6.45, 7) is 3.34. The van der Waals surface area contributed by atoms with Gasteiger partial charge in [-0.25, -0.2) is 0 Å². The summed E-state index contributed by atoms with van der Waals surface area (Å²) in [6.07, 6.45) is 2.86. The second-order valence-corrected chi connectivity index (χ2v) is 8.55. The highest BCUT2D eigenvalue weighted by atomic mass is 16.3. The van der Waals surface area contributed by atoms with Crippen LogP contribution < -0.4 is 10.6 Å². The molecule has 2 aromatic carbocycles. The van der Waals surface area contributed by atoms with Crippen molar-refractivity contribution in [3.8, 4) is 0 Å². The van der Waals surface area contributed by atoms with Gasteiger partial charge in [0.2, 0.25) is 5.91 Å². The highest BCUT2D eigenvalue weighted by Gasteiger charge is 2.37. The first-order chi connectivity index (χ1) is 15.1. The molecule has 5 heteroatoms. The number of aliphatic hydroxyl groups is 2. The molecule has 2 aromatic rings. The lowest BCUT2D eigenvalue weighted by Crippen LogP contribution is -2.54. The molecule has 1 amide bonds. The van der Waals surface area contributed by atoms with Crippen LogP contribution in [-0.4, -0.2) is 35.3 Å². The first-order valence-corrected chi connectivity index (χ1v) is 11.6. The summed E-state index contributed by atoms with van der Waals surface area (Å²) in [5.41, 5.74) is 1.85. The molecule has 0 bridgehead atoms. The maximum absolute atomic E-state index is 12.7. The van der Waals surface area contributed by atoms with Crippen molar-refractivity contribution in [2.45, 2.75) is 57.3 Å². The maximum Gasteiger partial charge on any atom is 0.237 e. The van der Waals surface area contributed by atoms with Gasteiger partial charge in [-0.3, -0.25) is 4.79 Å².